The molecule has 2 aromatic rings. The van der Waals surface area contributed by atoms with E-state index in [9.17, 15) is 20.2 Å². The monoisotopic (exact) mass is 386 g/mol. The van der Waals surface area contributed by atoms with E-state index in [1.807, 2.05) is 6.07 Å². The van der Waals surface area contributed by atoms with Gasteiger partial charge in [-0.15, -0.1) is 0 Å². The summed E-state index contributed by atoms with van der Waals surface area (Å²) in [6.07, 6.45) is 0. The average Bonchev–Trinajstić information content (AvgIpc) is 2.38. The Morgan fingerprint density at radius 3 is 2.35 bits per heavy atom. The van der Waals surface area contributed by atoms with E-state index in [1.165, 1.54) is 6.07 Å². The molecule has 0 amide bonds. The maximum Gasteiger partial charge on any atom is 0.318 e. The Balaban J connectivity index is 2.41. The Morgan fingerprint density at radius 2 is 1.75 bits per heavy atom. The highest BCUT2D eigenvalue weighted by Crippen LogP contribution is 2.34. The maximum atomic E-state index is 11.0. The van der Waals surface area contributed by atoms with Gasteiger partial charge in [-0.3, -0.25) is 20.2 Å². The fourth-order valence-corrected chi connectivity index (χ4v) is 2.02. The van der Waals surface area contributed by atoms with E-state index < -0.39 is 15.5 Å². The van der Waals surface area contributed by atoms with Gasteiger partial charge in [0.1, 0.15) is 5.75 Å². The second-order valence-corrected chi connectivity index (χ2v) is 4.97. The fraction of sp³-hybridized carbons (Fsp3) is 0. The van der Waals surface area contributed by atoms with Gasteiger partial charge in [0.15, 0.2) is 0 Å². The van der Waals surface area contributed by atoms with Crippen LogP contribution in [0, 0.1) is 23.8 Å². The number of ether oxygens (including phenoxy) is 1. The van der Waals surface area contributed by atoms with Gasteiger partial charge in [0, 0.05) is 9.64 Å². The fourth-order valence-electron chi connectivity index (χ4n) is 1.51. The lowest BCUT2D eigenvalue weighted by Gasteiger charge is -2.06. The van der Waals surface area contributed by atoms with Crippen molar-refractivity contribution in [3.05, 3.63) is 66.3 Å². The highest BCUT2D eigenvalue weighted by Gasteiger charge is 2.21. The van der Waals surface area contributed by atoms with Crippen molar-refractivity contribution in [2.75, 3.05) is 0 Å². The third kappa shape index (κ3) is 3.20. The number of non-ortho nitro benzene ring substituents is 1. The smallest absolute Gasteiger partial charge is 0.318 e. The molecule has 20 heavy (non-hydrogen) atoms. The molecule has 0 atom stereocenters. The largest absolute Gasteiger partial charge is 0.450 e. The molecular weight excluding hydrogens is 379 g/mol. The lowest BCUT2D eigenvalue weighted by molar-refractivity contribution is -0.394. The molecule has 7 nitrogen and oxygen atoms in total. The molecule has 2 aromatic carbocycles. The van der Waals surface area contributed by atoms with E-state index in [2.05, 4.69) is 22.6 Å². The van der Waals surface area contributed by atoms with E-state index in [0.717, 1.165) is 15.7 Å². The molecule has 0 aromatic heterocycles. The van der Waals surface area contributed by atoms with Gasteiger partial charge in [0.05, 0.1) is 15.9 Å². The van der Waals surface area contributed by atoms with Gasteiger partial charge < -0.3 is 4.74 Å². The van der Waals surface area contributed by atoms with Crippen LogP contribution in [-0.4, -0.2) is 9.85 Å². The van der Waals surface area contributed by atoms with E-state index >= 15 is 0 Å². The van der Waals surface area contributed by atoms with Gasteiger partial charge in [-0.1, -0.05) is 6.07 Å². The van der Waals surface area contributed by atoms with Crippen LogP contribution in [0.25, 0.3) is 0 Å². The van der Waals surface area contributed by atoms with E-state index in [0.29, 0.717) is 5.75 Å². The summed E-state index contributed by atoms with van der Waals surface area (Å²) in [5.41, 5.74) is -0.801. The summed E-state index contributed by atoms with van der Waals surface area (Å²) in [6, 6.07) is 10.2. The Kier molecular flexibility index (Phi) is 4.13. The summed E-state index contributed by atoms with van der Waals surface area (Å²) in [5, 5.41) is 21.6. The Labute approximate surface area is 126 Å². The van der Waals surface area contributed by atoms with Crippen molar-refractivity contribution in [1.29, 1.82) is 0 Å². The molecule has 0 saturated heterocycles. The van der Waals surface area contributed by atoms with Gasteiger partial charge >= 0.3 is 5.69 Å². The number of hydrogen-bond donors (Lipinski definition) is 0. The maximum absolute atomic E-state index is 11.0. The zero-order valence-corrected chi connectivity index (χ0v) is 12.0. The van der Waals surface area contributed by atoms with E-state index in [4.69, 9.17) is 4.74 Å². The highest BCUT2D eigenvalue weighted by atomic mass is 127. The van der Waals surface area contributed by atoms with Crippen molar-refractivity contribution in [3.63, 3.8) is 0 Å². The highest BCUT2D eigenvalue weighted by molar-refractivity contribution is 14.1. The van der Waals surface area contributed by atoms with Crippen LogP contribution in [-0.2, 0) is 0 Å². The minimum Gasteiger partial charge on any atom is -0.450 e. The first-order chi connectivity index (χ1) is 9.47. The lowest BCUT2D eigenvalue weighted by Crippen LogP contribution is -1.96. The molecule has 0 radical (unpaired) electrons. The van der Waals surface area contributed by atoms with Crippen molar-refractivity contribution < 1.29 is 14.6 Å². The van der Waals surface area contributed by atoms with Crippen molar-refractivity contribution >= 4 is 34.0 Å². The molecular formula is C12H7IN2O5. The molecule has 0 aliphatic carbocycles. The third-order valence-corrected chi connectivity index (χ3v) is 3.04. The van der Waals surface area contributed by atoms with Crippen LogP contribution in [0.5, 0.6) is 11.5 Å². The molecule has 0 N–H and O–H groups in total. The molecule has 0 bridgehead atoms. The number of halogens is 1. The molecule has 0 saturated carbocycles. The second kappa shape index (κ2) is 5.82. The first-order valence-electron chi connectivity index (χ1n) is 5.33. The molecule has 0 aliphatic heterocycles. The van der Waals surface area contributed by atoms with Crippen LogP contribution < -0.4 is 4.74 Å². The van der Waals surface area contributed by atoms with Crippen LogP contribution in [0.1, 0.15) is 0 Å². The van der Waals surface area contributed by atoms with E-state index in [-0.39, 0.29) is 11.4 Å². The Morgan fingerprint density at radius 1 is 1.00 bits per heavy atom. The predicted molar refractivity (Wildman–Crippen MR) is 79.0 cm³/mol. The molecule has 2 rings (SSSR count). The van der Waals surface area contributed by atoms with E-state index in [1.54, 1.807) is 18.2 Å². The van der Waals surface area contributed by atoms with Crippen LogP contribution >= 0.6 is 22.6 Å². The third-order valence-electron chi connectivity index (χ3n) is 2.37. The molecule has 0 fully saturated rings. The van der Waals surface area contributed by atoms with Gasteiger partial charge in [-0.2, -0.15) is 0 Å². The normalized spacial score (nSPS) is 10.1. The first kappa shape index (κ1) is 14.2. The quantitative estimate of drug-likeness (QED) is 0.451. The van der Waals surface area contributed by atoms with Crippen molar-refractivity contribution in [1.82, 2.24) is 0 Å². The number of rotatable bonds is 4. The van der Waals surface area contributed by atoms with Crippen LogP contribution in [0.15, 0.2) is 42.5 Å². The summed E-state index contributed by atoms with van der Waals surface area (Å²) in [4.78, 5) is 20.2. The zero-order valence-electron chi connectivity index (χ0n) is 9.86. The molecule has 8 heteroatoms. The first-order valence-corrected chi connectivity index (χ1v) is 6.41. The summed E-state index contributed by atoms with van der Waals surface area (Å²) in [7, 11) is 0. The van der Waals surface area contributed by atoms with Gasteiger partial charge in [-0.05, 0) is 46.9 Å². The molecule has 0 heterocycles. The van der Waals surface area contributed by atoms with Gasteiger partial charge in [0.25, 0.3) is 5.69 Å². The second-order valence-electron chi connectivity index (χ2n) is 3.73. The minimum atomic E-state index is -0.712. The molecule has 102 valence electrons. The number of benzene rings is 2. The van der Waals surface area contributed by atoms with Crippen LogP contribution in [0.3, 0.4) is 0 Å². The summed E-state index contributed by atoms with van der Waals surface area (Å²) in [5.74, 6) is 0.386. The SMILES string of the molecule is O=[N+]([O-])c1ccc(Oc2cccc(I)c2)c([N+](=O)[O-])c1. The summed E-state index contributed by atoms with van der Waals surface area (Å²) in [6.45, 7) is 0. The number of hydrogen-bond acceptors (Lipinski definition) is 5. The van der Waals surface area contributed by atoms with Gasteiger partial charge in [0.2, 0.25) is 5.75 Å². The Bertz CT molecular complexity index is 689. The Hall–Kier alpha value is -2.23. The predicted octanol–water partition coefficient (Wildman–Crippen LogP) is 3.90. The number of nitro groups is 2. The number of nitro benzene ring substituents is 2. The van der Waals surface area contributed by atoms with Crippen LogP contribution in [0.2, 0.25) is 0 Å². The standard InChI is InChI=1S/C12H7IN2O5/c13-8-2-1-3-10(6-8)20-12-5-4-9(14(16)17)7-11(12)15(18)19/h1-7H. The number of nitrogens with zero attached hydrogens (tertiary/aromatic N) is 2. The average molecular weight is 386 g/mol. The lowest BCUT2D eigenvalue weighted by atomic mass is 10.2. The molecule has 0 aliphatic rings. The molecule has 0 unspecified atom stereocenters. The van der Waals surface area contributed by atoms with Crippen molar-refractivity contribution in [2.45, 2.75) is 0 Å². The van der Waals surface area contributed by atoms with Crippen molar-refractivity contribution in [2.24, 2.45) is 0 Å². The summed E-state index contributed by atoms with van der Waals surface area (Å²) < 4.78 is 6.32. The van der Waals surface area contributed by atoms with Gasteiger partial charge in [-0.25, -0.2) is 0 Å². The van der Waals surface area contributed by atoms with Crippen molar-refractivity contribution in [3.8, 4) is 11.5 Å². The summed E-state index contributed by atoms with van der Waals surface area (Å²) >= 11 is 2.08. The van der Waals surface area contributed by atoms with Crippen LogP contribution in [0.4, 0.5) is 11.4 Å². The topological polar surface area (TPSA) is 95.5 Å². The zero-order chi connectivity index (χ0) is 14.7. The minimum absolute atomic E-state index is 0.0393. The molecule has 0 spiro atoms.